The second-order valence-corrected chi connectivity index (χ2v) is 6.66. The normalized spacial score (nSPS) is 10.7. The van der Waals surface area contributed by atoms with Crippen molar-refractivity contribution in [2.75, 3.05) is 5.01 Å². The molecule has 4 aromatic rings. The van der Waals surface area contributed by atoms with Gasteiger partial charge in [-0.15, -0.1) is 19.5 Å². The quantitative estimate of drug-likeness (QED) is 0.198. The highest BCUT2D eigenvalue weighted by molar-refractivity contribution is 7.90. The second-order valence-electron chi connectivity index (χ2n) is 6.22. The van der Waals surface area contributed by atoms with Gasteiger partial charge in [-0.25, -0.2) is 4.68 Å². The summed E-state index contributed by atoms with van der Waals surface area (Å²) in [6.07, 6.45) is 3.27. The number of hydrogen-bond donors (Lipinski definition) is 1. The fraction of sp³-hybridized carbons (Fsp3) is 0.0500. The number of nitriles is 1. The van der Waals surface area contributed by atoms with Crippen LogP contribution in [0.25, 0.3) is 10.8 Å². The minimum Gasteiger partial charge on any atom is -0.399 e. The van der Waals surface area contributed by atoms with Crippen LogP contribution in [0.15, 0.2) is 73.3 Å². The van der Waals surface area contributed by atoms with E-state index in [0.717, 1.165) is 22.0 Å². The smallest absolute Gasteiger partial charge is 0.260 e. The Kier molecular flexibility index (Phi) is 6.07. The molecule has 150 valence electrons. The van der Waals surface area contributed by atoms with Crippen molar-refractivity contribution in [2.24, 2.45) is 5.90 Å². The maximum absolute atomic E-state index is 9.05. The number of hydrogen-bond acceptors (Lipinski definition) is 9. The van der Waals surface area contributed by atoms with Gasteiger partial charge >= 0.3 is 0 Å². The summed E-state index contributed by atoms with van der Waals surface area (Å²) in [5.74, 6) is 5.39. The van der Waals surface area contributed by atoms with Crippen LogP contribution in [0.5, 0.6) is 5.75 Å². The van der Waals surface area contributed by atoms with Crippen molar-refractivity contribution in [3.8, 4) is 11.8 Å². The van der Waals surface area contributed by atoms with Gasteiger partial charge in [0.25, 0.3) is 12.3 Å². The predicted octanol–water partition coefficient (Wildman–Crippen LogP) is 3.54. The second kappa shape index (κ2) is 9.25. The van der Waals surface area contributed by atoms with E-state index in [1.54, 1.807) is 29.5 Å². The lowest BCUT2D eigenvalue weighted by molar-refractivity contribution is -0.199. The molecular formula is C20H16N6O3S. The van der Waals surface area contributed by atoms with Crippen molar-refractivity contribution >= 4 is 28.8 Å². The molecule has 0 aliphatic carbocycles. The summed E-state index contributed by atoms with van der Waals surface area (Å²) in [6, 6.07) is 21.3. The van der Waals surface area contributed by atoms with Gasteiger partial charge in [-0.2, -0.15) is 11.2 Å². The van der Waals surface area contributed by atoms with Crippen molar-refractivity contribution in [2.45, 2.75) is 6.54 Å². The zero-order chi connectivity index (χ0) is 20.8. The van der Waals surface area contributed by atoms with Gasteiger partial charge in [0, 0.05) is 0 Å². The first-order chi connectivity index (χ1) is 14.8. The summed E-state index contributed by atoms with van der Waals surface area (Å²) in [6.45, 7) is 0.579. The highest BCUT2D eigenvalue weighted by Gasteiger charge is 2.11. The molecule has 0 saturated heterocycles. The Balaban J connectivity index is 1.59. The molecule has 30 heavy (non-hydrogen) atoms. The Labute approximate surface area is 176 Å². The summed E-state index contributed by atoms with van der Waals surface area (Å²) < 4.78 is 11.6. The molecule has 0 radical (unpaired) electrons. The number of fused-ring (bicyclic) bond motifs is 1. The molecule has 10 heteroatoms. The largest absolute Gasteiger partial charge is 0.399 e. The zero-order valence-corrected chi connectivity index (χ0v) is 16.4. The van der Waals surface area contributed by atoms with Crippen molar-refractivity contribution in [3.05, 3.63) is 84.4 Å². The topological polar surface area (TPSA) is 111 Å². The van der Waals surface area contributed by atoms with Crippen molar-refractivity contribution in [1.82, 2.24) is 14.9 Å². The fourth-order valence-electron chi connectivity index (χ4n) is 3.00. The molecule has 0 amide bonds. The van der Waals surface area contributed by atoms with E-state index in [2.05, 4.69) is 31.7 Å². The lowest BCUT2D eigenvalue weighted by Gasteiger charge is -2.25. The Morgan fingerprint density at radius 1 is 1.00 bits per heavy atom. The molecule has 9 nitrogen and oxygen atoms in total. The Morgan fingerprint density at radius 3 is 2.47 bits per heavy atom. The lowest BCUT2D eigenvalue weighted by Crippen LogP contribution is -2.27. The minimum absolute atomic E-state index is 0.579. The minimum atomic E-state index is 0.579. The van der Waals surface area contributed by atoms with E-state index < -0.39 is 0 Å². The van der Waals surface area contributed by atoms with Gasteiger partial charge in [0.2, 0.25) is 0 Å². The third-order valence-electron chi connectivity index (χ3n) is 4.39. The third kappa shape index (κ3) is 4.51. The summed E-state index contributed by atoms with van der Waals surface area (Å²) >= 11 is 0.637. The number of aromatic nitrogens is 3. The van der Waals surface area contributed by atoms with Gasteiger partial charge < -0.3 is 4.18 Å². The van der Waals surface area contributed by atoms with Crippen LogP contribution in [0.4, 0.5) is 5.69 Å². The van der Waals surface area contributed by atoms with Crippen LogP contribution in [-0.2, 0) is 15.9 Å². The molecule has 0 spiro atoms. The average molecular weight is 420 g/mol. The summed E-state index contributed by atoms with van der Waals surface area (Å²) in [4.78, 5) is 3.99. The van der Waals surface area contributed by atoms with Crippen molar-refractivity contribution in [1.29, 1.82) is 5.26 Å². The molecule has 1 heterocycles. The highest BCUT2D eigenvalue weighted by atomic mass is 32.2. The van der Waals surface area contributed by atoms with E-state index in [1.165, 1.54) is 0 Å². The number of nitrogens with zero attached hydrogens (tertiary/aromatic N) is 5. The van der Waals surface area contributed by atoms with E-state index >= 15 is 0 Å². The Morgan fingerprint density at radius 2 is 1.73 bits per heavy atom. The number of benzene rings is 3. The molecule has 2 N–H and O–H groups in total. The summed E-state index contributed by atoms with van der Waals surface area (Å²) in [7, 11) is 0. The third-order valence-corrected chi connectivity index (χ3v) is 4.78. The van der Waals surface area contributed by atoms with E-state index in [4.69, 9.17) is 15.3 Å². The standard InChI is InChI=1S/C20H16N6O3S/c21-11-15-2-6-19(7-3-15)26(25-13-23-24-14-25)12-16-1-4-18-10-20(27-30-29-28-22)8-5-17(18)9-16/h1-10,13-14H,12,22H2. The molecule has 0 bridgehead atoms. The molecule has 0 aliphatic rings. The van der Waals surface area contributed by atoms with Gasteiger partial charge in [-0.3, -0.25) is 5.01 Å². The van der Waals surface area contributed by atoms with Gasteiger partial charge in [0.1, 0.15) is 18.4 Å². The molecule has 0 atom stereocenters. The Hall–Kier alpha value is -3.62. The van der Waals surface area contributed by atoms with Gasteiger partial charge in [0.05, 0.1) is 23.9 Å². The maximum Gasteiger partial charge on any atom is 0.260 e. The number of nitrogens with two attached hydrogens (primary N) is 1. The number of anilines is 1. The number of rotatable bonds is 8. The van der Waals surface area contributed by atoms with Crippen LogP contribution in [-0.4, -0.2) is 14.9 Å². The van der Waals surface area contributed by atoms with Crippen LogP contribution < -0.4 is 15.1 Å². The van der Waals surface area contributed by atoms with E-state index in [0.29, 0.717) is 30.2 Å². The first kappa shape index (κ1) is 19.7. The van der Waals surface area contributed by atoms with Gasteiger partial charge in [-0.05, 0) is 58.8 Å². The molecule has 0 saturated carbocycles. The molecule has 1 aromatic heterocycles. The zero-order valence-electron chi connectivity index (χ0n) is 15.6. The maximum atomic E-state index is 9.05. The van der Waals surface area contributed by atoms with Crippen LogP contribution in [0.3, 0.4) is 0 Å². The monoisotopic (exact) mass is 420 g/mol. The first-order valence-corrected chi connectivity index (χ1v) is 9.45. The molecule has 4 rings (SSSR count). The van der Waals surface area contributed by atoms with Crippen molar-refractivity contribution in [3.63, 3.8) is 0 Å². The molecular weight excluding hydrogens is 404 g/mol. The van der Waals surface area contributed by atoms with Crippen LogP contribution in [0.2, 0.25) is 0 Å². The van der Waals surface area contributed by atoms with Gasteiger partial charge in [-0.1, -0.05) is 18.2 Å². The van der Waals surface area contributed by atoms with Crippen LogP contribution >= 0.6 is 12.3 Å². The highest BCUT2D eigenvalue weighted by Crippen LogP contribution is 2.26. The van der Waals surface area contributed by atoms with Crippen LogP contribution in [0, 0.1) is 11.3 Å². The Bertz CT molecular complexity index is 1160. The van der Waals surface area contributed by atoms with Crippen LogP contribution in [0.1, 0.15) is 11.1 Å². The van der Waals surface area contributed by atoms with Crippen molar-refractivity contribution < 1.29 is 13.5 Å². The lowest BCUT2D eigenvalue weighted by atomic mass is 10.1. The summed E-state index contributed by atoms with van der Waals surface area (Å²) in [5.41, 5.74) is 2.60. The first-order valence-electron chi connectivity index (χ1n) is 8.79. The molecule has 0 aliphatic heterocycles. The molecule has 0 unspecified atom stereocenters. The molecule has 3 aromatic carbocycles. The van der Waals surface area contributed by atoms with E-state index in [9.17, 15) is 0 Å². The predicted molar refractivity (Wildman–Crippen MR) is 111 cm³/mol. The van der Waals surface area contributed by atoms with E-state index in [-0.39, 0.29) is 0 Å². The SMILES string of the molecule is N#Cc1ccc(N(Cc2ccc3cc(OSOON)ccc3c2)n2cnnc2)cc1. The average Bonchev–Trinajstić information content (AvgIpc) is 3.32. The summed E-state index contributed by atoms with van der Waals surface area (Å²) in [5, 5.41) is 21.0. The fourth-order valence-corrected chi connectivity index (χ4v) is 3.24. The van der Waals surface area contributed by atoms with E-state index in [1.807, 2.05) is 47.5 Å². The molecule has 0 fully saturated rings. The van der Waals surface area contributed by atoms with Gasteiger partial charge in [0.15, 0.2) is 0 Å².